The number of phenols is 7. The van der Waals surface area contributed by atoms with Crippen LogP contribution in [0, 0.1) is 0 Å². The molecule has 0 saturated heterocycles. The molecule has 0 amide bonds. The molecular weight excluding hydrogens is 640 g/mol. The van der Waals surface area contributed by atoms with Gasteiger partial charge in [-0.3, -0.25) is 0 Å². The third-order valence-electron chi connectivity index (χ3n) is 10.5. The summed E-state index contributed by atoms with van der Waals surface area (Å²) in [7, 11) is 0. The Hall–Kier alpha value is -7.12. The molecule has 7 N–H and O–H groups in total. The lowest BCUT2D eigenvalue weighted by atomic mass is 9.81. The van der Waals surface area contributed by atoms with Gasteiger partial charge in [0.05, 0.1) is 0 Å². The fourth-order valence-electron chi connectivity index (χ4n) is 8.35. The summed E-state index contributed by atoms with van der Waals surface area (Å²) in [4.78, 5) is 0. The number of rotatable bonds is 2. The molecule has 7 nitrogen and oxygen atoms in total. The fraction of sp³-hybridized carbons (Fsp3) is 0. The van der Waals surface area contributed by atoms with Gasteiger partial charge in [0, 0.05) is 37.9 Å². The Balaban J connectivity index is 1.45. The number of phenolic OH excluding ortho intramolecular Hbond substituents is 7. The quantitative estimate of drug-likeness (QED) is 0.0421. The SMILES string of the molecule is Oc1c(O)c(O)c2c(c1O)c(-c1cccc(-c3cc4ccccc4c4ccccc34)c1)c1c(O)c(O)c(O)c3c4cccc5cccc(c54)c2c13. The Kier molecular flexibility index (Phi) is 5.64. The van der Waals surface area contributed by atoms with E-state index < -0.39 is 40.2 Å². The third kappa shape index (κ3) is 3.61. The Morgan fingerprint density at radius 3 is 1.49 bits per heavy atom. The van der Waals surface area contributed by atoms with Gasteiger partial charge < -0.3 is 35.7 Å². The van der Waals surface area contributed by atoms with Crippen molar-refractivity contribution in [1.82, 2.24) is 0 Å². The van der Waals surface area contributed by atoms with Gasteiger partial charge in [0.1, 0.15) is 0 Å². The molecule has 0 unspecified atom stereocenters. The molecular formula is C44H26O7. The standard InChI is InChI=1S/C44H26O7/c45-38-33-28-17-7-10-20-9-6-16-27(30(20)28)32-34(33)35(39(46)42(38)49)31(36-37(32)41(48)44(51)43(50)40(36)47)23-12-5-11-21(18-23)29-19-22-8-1-2-13-24(22)25-14-3-4-15-26(25)29/h1-19,45-51H. The van der Waals surface area contributed by atoms with E-state index in [4.69, 9.17) is 0 Å². The molecule has 0 spiro atoms. The summed E-state index contributed by atoms with van der Waals surface area (Å²) >= 11 is 0. The predicted octanol–water partition coefficient (Wildman–Crippen LogP) is 10.5. The molecule has 51 heavy (non-hydrogen) atoms. The van der Waals surface area contributed by atoms with Crippen molar-refractivity contribution in [3.63, 3.8) is 0 Å². The lowest BCUT2D eigenvalue weighted by molar-refractivity contribution is 0.351. The maximum absolute atomic E-state index is 11.8. The smallest absolute Gasteiger partial charge is 0.204 e. The van der Waals surface area contributed by atoms with Crippen LogP contribution in [0.3, 0.4) is 0 Å². The molecule has 0 bridgehead atoms. The van der Waals surface area contributed by atoms with Gasteiger partial charge in [-0.1, -0.05) is 103 Å². The molecule has 0 saturated carbocycles. The van der Waals surface area contributed by atoms with Crippen molar-refractivity contribution in [1.29, 1.82) is 0 Å². The normalized spacial score (nSPS) is 12.1. The second-order valence-corrected chi connectivity index (χ2v) is 13.0. The third-order valence-corrected chi connectivity index (χ3v) is 10.5. The van der Waals surface area contributed by atoms with E-state index in [1.165, 1.54) is 0 Å². The molecule has 0 fully saturated rings. The second kappa shape index (κ2) is 9.96. The summed E-state index contributed by atoms with van der Waals surface area (Å²) in [5.41, 5.74) is 2.36. The summed E-state index contributed by atoms with van der Waals surface area (Å²) in [6.45, 7) is 0. The summed E-state index contributed by atoms with van der Waals surface area (Å²) in [5, 5.41) is 87.7. The van der Waals surface area contributed by atoms with Crippen LogP contribution in [-0.2, 0) is 0 Å². The summed E-state index contributed by atoms with van der Waals surface area (Å²) < 4.78 is 0. The first-order chi connectivity index (χ1) is 24.8. The molecule has 0 atom stereocenters. The molecule has 0 heterocycles. The van der Waals surface area contributed by atoms with Crippen LogP contribution in [0.25, 0.3) is 97.7 Å². The average Bonchev–Trinajstić information content (AvgIpc) is 3.17. The molecule has 10 aromatic rings. The molecule has 10 rings (SSSR count). The highest BCUT2D eigenvalue weighted by Crippen LogP contribution is 2.61. The van der Waals surface area contributed by atoms with E-state index in [2.05, 4.69) is 30.3 Å². The van der Waals surface area contributed by atoms with Crippen molar-refractivity contribution in [3.8, 4) is 62.5 Å². The van der Waals surface area contributed by atoms with Crippen LogP contribution in [0.2, 0.25) is 0 Å². The van der Waals surface area contributed by atoms with Crippen molar-refractivity contribution >= 4 is 75.4 Å². The molecule has 0 aliphatic heterocycles. The van der Waals surface area contributed by atoms with Crippen molar-refractivity contribution in [2.45, 2.75) is 0 Å². The number of aromatic hydroxyl groups is 7. The number of hydrogen-bond acceptors (Lipinski definition) is 7. The van der Waals surface area contributed by atoms with Gasteiger partial charge in [-0.05, 0) is 71.9 Å². The summed E-state index contributed by atoms with van der Waals surface area (Å²) in [5.74, 6) is -5.25. The van der Waals surface area contributed by atoms with Gasteiger partial charge in [0.2, 0.25) is 17.2 Å². The molecule has 244 valence electrons. The Bertz CT molecular complexity index is 3160. The lowest BCUT2D eigenvalue weighted by Crippen LogP contribution is -1.95. The minimum atomic E-state index is -0.943. The Morgan fingerprint density at radius 2 is 0.765 bits per heavy atom. The van der Waals surface area contributed by atoms with Crippen LogP contribution in [0.1, 0.15) is 0 Å². The Labute approximate surface area is 288 Å². The van der Waals surface area contributed by atoms with Crippen molar-refractivity contribution < 1.29 is 35.7 Å². The van der Waals surface area contributed by atoms with Crippen LogP contribution in [0.15, 0.2) is 115 Å². The highest BCUT2D eigenvalue weighted by Gasteiger charge is 2.31. The molecule has 10 aromatic carbocycles. The van der Waals surface area contributed by atoms with Gasteiger partial charge in [0.15, 0.2) is 23.0 Å². The zero-order valence-electron chi connectivity index (χ0n) is 26.6. The van der Waals surface area contributed by atoms with Crippen LogP contribution in [0.5, 0.6) is 40.2 Å². The molecule has 0 aromatic heterocycles. The zero-order valence-corrected chi connectivity index (χ0v) is 26.6. The second-order valence-electron chi connectivity index (χ2n) is 13.0. The minimum absolute atomic E-state index is 0.000370. The van der Waals surface area contributed by atoms with Gasteiger partial charge in [0.25, 0.3) is 0 Å². The van der Waals surface area contributed by atoms with Crippen LogP contribution >= 0.6 is 0 Å². The first-order valence-corrected chi connectivity index (χ1v) is 16.4. The van der Waals surface area contributed by atoms with E-state index in [-0.39, 0.29) is 32.5 Å². The maximum atomic E-state index is 11.8. The van der Waals surface area contributed by atoms with E-state index >= 15 is 0 Å². The van der Waals surface area contributed by atoms with Gasteiger partial charge in [-0.2, -0.15) is 0 Å². The highest BCUT2D eigenvalue weighted by molar-refractivity contribution is 6.44. The summed E-state index contributed by atoms with van der Waals surface area (Å²) in [6, 6.07) is 36.8. The van der Waals surface area contributed by atoms with E-state index in [1.54, 1.807) is 12.1 Å². The number of fused-ring (bicyclic) bond motifs is 7. The van der Waals surface area contributed by atoms with Crippen molar-refractivity contribution in [3.05, 3.63) is 115 Å². The van der Waals surface area contributed by atoms with Crippen molar-refractivity contribution in [2.75, 3.05) is 0 Å². The van der Waals surface area contributed by atoms with E-state index in [1.807, 2.05) is 72.8 Å². The molecule has 0 aliphatic carbocycles. The van der Waals surface area contributed by atoms with Crippen LogP contribution in [-0.4, -0.2) is 35.7 Å². The lowest BCUT2D eigenvalue weighted by Gasteiger charge is -2.23. The first kappa shape index (κ1) is 28.9. The van der Waals surface area contributed by atoms with Gasteiger partial charge in [-0.15, -0.1) is 0 Å². The summed E-state index contributed by atoms with van der Waals surface area (Å²) in [6.07, 6.45) is 0. The van der Waals surface area contributed by atoms with E-state index in [0.29, 0.717) is 27.1 Å². The van der Waals surface area contributed by atoms with Crippen molar-refractivity contribution in [2.24, 2.45) is 0 Å². The fourth-order valence-corrected chi connectivity index (χ4v) is 8.35. The van der Waals surface area contributed by atoms with Gasteiger partial charge in [-0.25, -0.2) is 0 Å². The van der Waals surface area contributed by atoms with E-state index in [9.17, 15) is 35.7 Å². The van der Waals surface area contributed by atoms with E-state index in [0.717, 1.165) is 38.1 Å². The first-order valence-electron chi connectivity index (χ1n) is 16.4. The number of hydrogen-bond donors (Lipinski definition) is 7. The minimum Gasteiger partial charge on any atom is -0.504 e. The van der Waals surface area contributed by atoms with Gasteiger partial charge >= 0.3 is 0 Å². The maximum Gasteiger partial charge on any atom is 0.204 e. The van der Waals surface area contributed by atoms with Crippen LogP contribution in [0.4, 0.5) is 0 Å². The van der Waals surface area contributed by atoms with Crippen LogP contribution < -0.4 is 0 Å². The molecule has 0 aliphatic rings. The molecule has 7 heteroatoms. The number of benzene rings is 10. The monoisotopic (exact) mass is 666 g/mol. The highest BCUT2D eigenvalue weighted by atomic mass is 16.3. The molecule has 0 radical (unpaired) electrons. The average molecular weight is 667 g/mol. The largest absolute Gasteiger partial charge is 0.504 e. The predicted molar refractivity (Wildman–Crippen MR) is 203 cm³/mol. The topological polar surface area (TPSA) is 142 Å². The Morgan fingerprint density at radius 1 is 0.275 bits per heavy atom. The zero-order chi connectivity index (χ0) is 34.9.